The van der Waals surface area contributed by atoms with Crippen LogP contribution in [0.5, 0.6) is 0 Å². The van der Waals surface area contributed by atoms with Gasteiger partial charge in [-0.3, -0.25) is 14.4 Å². The van der Waals surface area contributed by atoms with E-state index in [0.29, 0.717) is 25.9 Å². The fourth-order valence-electron chi connectivity index (χ4n) is 2.33. The molecule has 19 heavy (non-hydrogen) atoms. The number of hydrogen-bond acceptors (Lipinski definition) is 3. The summed E-state index contributed by atoms with van der Waals surface area (Å²) in [6.07, 6.45) is 1.14. The Kier molecular flexibility index (Phi) is 5.32. The van der Waals surface area contributed by atoms with E-state index in [1.54, 1.807) is 11.9 Å². The van der Waals surface area contributed by atoms with Crippen molar-refractivity contribution >= 4 is 17.8 Å². The summed E-state index contributed by atoms with van der Waals surface area (Å²) in [7, 11) is 1.56. The molecule has 0 aromatic rings. The van der Waals surface area contributed by atoms with Gasteiger partial charge in [0.25, 0.3) is 0 Å². The molecule has 6 heteroatoms. The Balaban J connectivity index is 2.54. The smallest absolute Gasteiger partial charge is 0.307 e. The van der Waals surface area contributed by atoms with Gasteiger partial charge in [0.2, 0.25) is 11.8 Å². The van der Waals surface area contributed by atoms with E-state index in [1.165, 1.54) is 4.90 Å². The normalized spacial score (nSPS) is 21.4. The highest BCUT2D eigenvalue weighted by Crippen LogP contribution is 2.35. The van der Waals surface area contributed by atoms with Crippen LogP contribution in [0, 0.1) is 11.8 Å². The summed E-state index contributed by atoms with van der Waals surface area (Å²) < 4.78 is 0. The van der Waals surface area contributed by atoms with E-state index in [-0.39, 0.29) is 18.4 Å². The van der Waals surface area contributed by atoms with Crippen molar-refractivity contribution in [2.45, 2.75) is 26.7 Å². The fourth-order valence-corrected chi connectivity index (χ4v) is 2.33. The second-order valence-electron chi connectivity index (χ2n) is 4.89. The second kappa shape index (κ2) is 6.54. The maximum atomic E-state index is 12.1. The number of amides is 2. The van der Waals surface area contributed by atoms with Gasteiger partial charge >= 0.3 is 5.97 Å². The third-order valence-electron chi connectivity index (χ3n) is 3.77. The summed E-state index contributed by atoms with van der Waals surface area (Å²) >= 11 is 0. The van der Waals surface area contributed by atoms with E-state index < -0.39 is 17.8 Å². The molecule has 0 aromatic carbocycles. The molecule has 0 saturated heterocycles. The molecule has 2 amide bonds. The summed E-state index contributed by atoms with van der Waals surface area (Å²) in [5.74, 6) is -2.32. The van der Waals surface area contributed by atoms with Gasteiger partial charge < -0.3 is 14.9 Å². The Morgan fingerprint density at radius 2 is 1.63 bits per heavy atom. The number of aliphatic carboxylic acids is 1. The predicted octanol–water partition coefficient (Wildman–Crippen LogP) is 0.424. The Morgan fingerprint density at radius 1 is 1.11 bits per heavy atom. The topological polar surface area (TPSA) is 77.9 Å². The standard InChI is InChI=1S/C13H22N2O4/c1-4-15(5-2)11(16)8-14(3)12(17)9-6-7-10(9)13(18)19/h9-10H,4-8H2,1-3H3,(H,18,19). The Hall–Kier alpha value is -1.59. The molecule has 0 heterocycles. The van der Waals surface area contributed by atoms with Crippen molar-refractivity contribution < 1.29 is 19.5 Å². The number of carbonyl (C=O) groups excluding carboxylic acids is 2. The zero-order valence-electron chi connectivity index (χ0n) is 11.8. The predicted molar refractivity (Wildman–Crippen MR) is 69.4 cm³/mol. The lowest BCUT2D eigenvalue weighted by atomic mass is 9.73. The van der Waals surface area contributed by atoms with E-state index in [2.05, 4.69) is 0 Å². The van der Waals surface area contributed by atoms with Gasteiger partial charge in [-0.2, -0.15) is 0 Å². The number of hydrogen-bond donors (Lipinski definition) is 1. The van der Waals surface area contributed by atoms with Gasteiger partial charge in [-0.05, 0) is 26.7 Å². The molecule has 0 aliphatic heterocycles. The van der Waals surface area contributed by atoms with Gasteiger partial charge in [0.05, 0.1) is 18.4 Å². The van der Waals surface area contributed by atoms with Crippen LogP contribution in [-0.4, -0.2) is 59.4 Å². The molecule has 1 saturated carbocycles. The van der Waals surface area contributed by atoms with Crippen molar-refractivity contribution in [3.63, 3.8) is 0 Å². The summed E-state index contributed by atoms with van der Waals surface area (Å²) in [5, 5.41) is 8.93. The van der Waals surface area contributed by atoms with Crippen LogP contribution in [0.2, 0.25) is 0 Å². The molecule has 2 atom stereocenters. The first-order valence-electron chi connectivity index (χ1n) is 6.67. The highest BCUT2D eigenvalue weighted by atomic mass is 16.4. The molecule has 1 fully saturated rings. The molecule has 0 radical (unpaired) electrons. The van der Waals surface area contributed by atoms with Crippen molar-refractivity contribution in [3.8, 4) is 0 Å². The summed E-state index contributed by atoms with van der Waals surface area (Å²) in [6.45, 7) is 5.01. The molecular formula is C13H22N2O4. The maximum Gasteiger partial charge on any atom is 0.307 e. The van der Waals surface area contributed by atoms with E-state index in [9.17, 15) is 14.4 Å². The van der Waals surface area contributed by atoms with Gasteiger partial charge in [-0.1, -0.05) is 0 Å². The van der Waals surface area contributed by atoms with Crippen LogP contribution < -0.4 is 0 Å². The van der Waals surface area contributed by atoms with Crippen LogP contribution in [0.25, 0.3) is 0 Å². The Bertz CT molecular complexity index is 366. The molecule has 108 valence electrons. The molecule has 1 aliphatic rings. The number of carboxylic acids is 1. The molecular weight excluding hydrogens is 248 g/mol. The number of rotatable bonds is 6. The van der Waals surface area contributed by atoms with Crippen molar-refractivity contribution in [1.82, 2.24) is 9.80 Å². The molecule has 0 spiro atoms. The molecule has 1 N–H and O–H groups in total. The molecule has 0 bridgehead atoms. The molecule has 6 nitrogen and oxygen atoms in total. The van der Waals surface area contributed by atoms with Crippen molar-refractivity contribution in [2.24, 2.45) is 11.8 Å². The SMILES string of the molecule is CCN(CC)C(=O)CN(C)C(=O)C1CCC1C(=O)O. The second-order valence-corrected chi connectivity index (χ2v) is 4.89. The molecule has 1 aliphatic carbocycles. The fraction of sp³-hybridized carbons (Fsp3) is 0.769. The molecule has 2 unspecified atom stereocenters. The average molecular weight is 270 g/mol. The molecule has 0 aromatic heterocycles. The number of carbonyl (C=O) groups is 3. The van der Waals surface area contributed by atoms with Crippen molar-refractivity contribution in [2.75, 3.05) is 26.7 Å². The van der Waals surface area contributed by atoms with Crippen LogP contribution in [0.15, 0.2) is 0 Å². The number of carboxylic acid groups (broad SMARTS) is 1. The van der Waals surface area contributed by atoms with Gasteiger partial charge in [0.15, 0.2) is 0 Å². The van der Waals surface area contributed by atoms with Gasteiger partial charge in [0.1, 0.15) is 0 Å². The van der Waals surface area contributed by atoms with E-state index >= 15 is 0 Å². The maximum absolute atomic E-state index is 12.1. The van der Waals surface area contributed by atoms with E-state index in [4.69, 9.17) is 5.11 Å². The van der Waals surface area contributed by atoms with Crippen LogP contribution in [0.1, 0.15) is 26.7 Å². The first-order chi connectivity index (χ1) is 8.92. The number of nitrogens with zero attached hydrogens (tertiary/aromatic N) is 2. The summed E-state index contributed by atoms with van der Waals surface area (Å²) in [4.78, 5) is 37.8. The van der Waals surface area contributed by atoms with Crippen LogP contribution in [-0.2, 0) is 14.4 Å². The minimum Gasteiger partial charge on any atom is -0.481 e. The third kappa shape index (κ3) is 3.45. The highest BCUT2D eigenvalue weighted by Gasteiger charge is 2.42. The lowest BCUT2D eigenvalue weighted by Crippen LogP contribution is -2.48. The minimum absolute atomic E-state index is 0.0172. The van der Waals surface area contributed by atoms with Gasteiger partial charge in [0, 0.05) is 20.1 Å². The zero-order valence-corrected chi connectivity index (χ0v) is 11.8. The Morgan fingerprint density at radius 3 is 2.00 bits per heavy atom. The first-order valence-corrected chi connectivity index (χ1v) is 6.67. The average Bonchev–Trinajstić information content (AvgIpc) is 2.27. The summed E-state index contributed by atoms with van der Waals surface area (Å²) in [6, 6.07) is 0. The lowest BCUT2D eigenvalue weighted by molar-refractivity contribution is -0.156. The van der Waals surface area contributed by atoms with E-state index in [0.717, 1.165) is 0 Å². The Labute approximate surface area is 113 Å². The quantitative estimate of drug-likeness (QED) is 0.759. The largest absolute Gasteiger partial charge is 0.481 e. The van der Waals surface area contributed by atoms with Gasteiger partial charge in [-0.25, -0.2) is 0 Å². The minimum atomic E-state index is -0.923. The van der Waals surface area contributed by atoms with Crippen molar-refractivity contribution in [3.05, 3.63) is 0 Å². The summed E-state index contributed by atoms with van der Waals surface area (Å²) in [5.41, 5.74) is 0. The zero-order chi connectivity index (χ0) is 14.6. The molecule has 1 rings (SSSR count). The number of likely N-dealkylation sites (N-methyl/N-ethyl adjacent to an activating group) is 2. The van der Waals surface area contributed by atoms with Crippen molar-refractivity contribution in [1.29, 1.82) is 0 Å². The van der Waals surface area contributed by atoms with Crippen LogP contribution >= 0.6 is 0 Å². The van der Waals surface area contributed by atoms with E-state index in [1.807, 2.05) is 13.8 Å². The van der Waals surface area contributed by atoms with Gasteiger partial charge in [-0.15, -0.1) is 0 Å². The highest BCUT2D eigenvalue weighted by molar-refractivity contribution is 5.89. The van der Waals surface area contributed by atoms with Crippen LogP contribution in [0.3, 0.4) is 0 Å². The van der Waals surface area contributed by atoms with Crippen LogP contribution in [0.4, 0.5) is 0 Å². The monoisotopic (exact) mass is 270 g/mol. The third-order valence-corrected chi connectivity index (χ3v) is 3.77. The first kappa shape index (κ1) is 15.5. The lowest BCUT2D eigenvalue weighted by Gasteiger charge is -2.35.